The van der Waals surface area contributed by atoms with Crippen LogP contribution in [0.15, 0.2) is 18.3 Å². The lowest BCUT2D eigenvalue weighted by Gasteiger charge is -2.05. The second kappa shape index (κ2) is 9.42. The number of pyridine rings is 1. The van der Waals surface area contributed by atoms with Gasteiger partial charge in [-0.25, -0.2) is 4.98 Å². The molecule has 0 aliphatic carbocycles. The molecule has 0 aliphatic rings. The molecule has 5 heteroatoms. The van der Waals surface area contributed by atoms with Gasteiger partial charge >= 0.3 is 0 Å². The first kappa shape index (κ1) is 15.5. The zero-order valence-electron chi connectivity index (χ0n) is 11.1. The van der Waals surface area contributed by atoms with Crippen LogP contribution in [0, 0.1) is 11.8 Å². The number of hydrogen-bond donors (Lipinski definition) is 2. The second-order valence-corrected chi connectivity index (χ2v) is 4.85. The average molecular weight is 277 g/mol. The number of carbonyl (C=O) groups is 1. The average Bonchev–Trinajstić information content (AvgIpc) is 2.45. The molecule has 1 amide bonds. The molecule has 0 saturated carbocycles. The number of rotatable bonds is 6. The fraction of sp³-hybridized carbons (Fsp3) is 0.429. The van der Waals surface area contributed by atoms with E-state index in [1.165, 1.54) is 0 Å². The van der Waals surface area contributed by atoms with Gasteiger partial charge in [-0.15, -0.1) is 0 Å². The molecule has 0 spiro atoms. The summed E-state index contributed by atoms with van der Waals surface area (Å²) in [4.78, 5) is 16.1. The van der Waals surface area contributed by atoms with Gasteiger partial charge in [-0.3, -0.25) is 4.79 Å². The molecule has 0 aliphatic heterocycles. The summed E-state index contributed by atoms with van der Waals surface area (Å²) in [6, 6.07) is 3.54. The number of thioether (sulfide) groups is 1. The lowest BCUT2D eigenvalue weighted by atomic mass is 10.2. The zero-order valence-corrected chi connectivity index (χ0v) is 11.9. The van der Waals surface area contributed by atoms with Crippen molar-refractivity contribution in [1.82, 2.24) is 10.3 Å². The van der Waals surface area contributed by atoms with Crippen molar-refractivity contribution in [2.24, 2.45) is 5.73 Å². The molecule has 0 unspecified atom stereocenters. The quantitative estimate of drug-likeness (QED) is 0.607. The molecule has 0 fully saturated rings. The number of hydrogen-bond acceptors (Lipinski definition) is 4. The molecule has 102 valence electrons. The van der Waals surface area contributed by atoms with E-state index in [0.717, 1.165) is 18.6 Å². The maximum atomic E-state index is 12.0. The van der Waals surface area contributed by atoms with Gasteiger partial charge in [0.15, 0.2) is 0 Å². The van der Waals surface area contributed by atoms with Gasteiger partial charge < -0.3 is 11.1 Å². The Morgan fingerprint density at radius 1 is 1.53 bits per heavy atom. The molecule has 1 heterocycles. The minimum Gasteiger partial charge on any atom is -0.351 e. The molecule has 0 atom stereocenters. The standard InChI is InChI=1S/C14H19N3OS/c1-19-11-3-2-9-17-14(18)13-12(6-4-8-15)7-5-10-16-13/h5,7,10H,2-3,8-9,11,15H2,1H3,(H,17,18). The van der Waals surface area contributed by atoms with Gasteiger partial charge in [-0.1, -0.05) is 11.8 Å². The first-order valence-electron chi connectivity index (χ1n) is 6.20. The molecule has 19 heavy (non-hydrogen) atoms. The minimum atomic E-state index is -0.175. The van der Waals surface area contributed by atoms with Crippen molar-refractivity contribution in [1.29, 1.82) is 0 Å². The van der Waals surface area contributed by atoms with E-state index in [1.54, 1.807) is 18.3 Å². The molecule has 0 radical (unpaired) electrons. The number of nitrogens with one attached hydrogen (secondary N) is 1. The van der Waals surface area contributed by atoms with Crippen molar-refractivity contribution in [3.05, 3.63) is 29.6 Å². The largest absolute Gasteiger partial charge is 0.351 e. The monoisotopic (exact) mass is 277 g/mol. The fourth-order valence-corrected chi connectivity index (χ4v) is 1.98. The first-order valence-corrected chi connectivity index (χ1v) is 7.60. The highest BCUT2D eigenvalue weighted by Crippen LogP contribution is 2.04. The van der Waals surface area contributed by atoms with Crippen LogP contribution in [0.5, 0.6) is 0 Å². The molecular weight excluding hydrogens is 258 g/mol. The Morgan fingerprint density at radius 2 is 2.37 bits per heavy atom. The maximum Gasteiger partial charge on any atom is 0.271 e. The van der Waals surface area contributed by atoms with Crippen LogP contribution >= 0.6 is 11.8 Å². The minimum absolute atomic E-state index is 0.175. The number of nitrogens with zero attached hydrogens (tertiary/aromatic N) is 1. The van der Waals surface area contributed by atoms with Gasteiger partial charge in [-0.05, 0) is 37.0 Å². The summed E-state index contributed by atoms with van der Waals surface area (Å²) in [5.74, 6) is 6.54. The lowest BCUT2D eigenvalue weighted by molar-refractivity contribution is 0.0948. The Bertz CT molecular complexity index is 465. The van der Waals surface area contributed by atoms with Crippen LogP contribution < -0.4 is 11.1 Å². The van der Waals surface area contributed by atoms with Gasteiger partial charge in [0.1, 0.15) is 5.69 Å². The SMILES string of the molecule is CSCCCCNC(=O)c1ncccc1C#CCN. The van der Waals surface area contributed by atoms with Crippen molar-refractivity contribution in [2.45, 2.75) is 12.8 Å². The topological polar surface area (TPSA) is 68.0 Å². The maximum absolute atomic E-state index is 12.0. The van der Waals surface area contributed by atoms with Crippen LogP contribution in [0.25, 0.3) is 0 Å². The Labute approximate surface area is 118 Å². The van der Waals surface area contributed by atoms with Crippen LogP contribution in [0.2, 0.25) is 0 Å². The fourth-order valence-electron chi connectivity index (χ4n) is 1.49. The van der Waals surface area contributed by atoms with E-state index < -0.39 is 0 Å². The highest BCUT2D eigenvalue weighted by Gasteiger charge is 2.10. The van der Waals surface area contributed by atoms with Crippen molar-refractivity contribution in [3.8, 4) is 11.8 Å². The predicted octanol–water partition coefficient (Wildman–Crippen LogP) is 1.26. The number of amides is 1. The molecule has 1 rings (SSSR count). The summed E-state index contributed by atoms with van der Waals surface area (Å²) in [7, 11) is 0. The predicted molar refractivity (Wildman–Crippen MR) is 80.1 cm³/mol. The Hall–Kier alpha value is -1.51. The van der Waals surface area contributed by atoms with E-state index in [0.29, 0.717) is 17.8 Å². The lowest BCUT2D eigenvalue weighted by Crippen LogP contribution is -2.26. The van der Waals surface area contributed by atoms with E-state index >= 15 is 0 Å². The summed E-state index contributed by atoms with van der Waals surface area (Å²) in [6.45, 7) is 0.935. The summed E-state index contributed by atoms with van der Waals surface area (Å²) < 4.78 is 0. The van der Waals surface area contributed by atoms with E-state index in [1.807, 2.05) is 11.8 Å². The molecule has 0 aromatic carbocycles. The third-order valence-electron chi connectivity index (χ3n) is 2.41. The zero-order chi connectivity index (χ0) is 13.9. The Morgan fingerprint density at radius 3 is 3.11 bits per heavy atom. The molecule has 0 bridgehead atoms. The molecule has 4 nitrogen and oxygen atoms in total. The van der Waals surface area contributed by atoms with Crippen molar-refractivity contribution in [2.75, 3.05) is 25.1 Å². The van der Waals surface area contributed by atoms with Crippen molar-refractivity contribution < 1.29 is 4.79 Å². The normalized spacial score (nSPS) is 9.58. The van der Waals surface area contributed by atoms with Crippen molar-refractivity contribution >= 4 is 17.7 Å². The first-order chi connectivity index (χ1) is 9.29. The van der Waals surface area contributed by atoms with Crippen molar-refractivity contribution in [3.63, 3.8) is 0 Å². The van der Waals surface area contributed by atoms with E-state index in [2.05, 4.69) is 28.4 Å². The molecule has 1 aromatic heterocycles. The molecule has 3 N–H and O–H groups in total. The molecule has 1 aromatic rings. The highest BCUT2D eigenvalue weighted by atomic mass is 32.2. The number of unbranched alkanes of at least 4 members (excludes halogenated alkanes) is 1. The number of nitrogens with two attached hydrogens (primary N) is 1. The van der Waals surface area contributed by atoms with Crippen LogP contribution in [-0.4, -0.2) is 36.0 Å². The smallest absolute Gasteiger partial charge is 0.271 e. The van der Waals surface area contributed by atoms with Crippen LogP contribution in [0.4, 0.5) is 0 Å². The summed E-state index contributed by atoms with van der Waals surface area (Å²) in [5.41, 5.74) is 6.32. The Kier molecular flexibility index (Phi) is 7.71. The summed E-state index contributed by atoms with van der Waals surface area (Å²) in [5, 5.41) is 2.86. The Balaban J connectivity index is 2.56. The third-order valence-corrected chi connectivity index (χ3v) is 3.11. The van der Waals surface area contributed by atoms with Gasteiger partial charge in [-0.2, -0.15) is 11.8 Å². The van der Waals surface area contributed by atoms with Gasteiger partial charge in [0.25, 0.3) is 5.91 Å². The highest BCUT2D eigenvalue weighted by molar-refractivity contribution is 7.98. The summed E-state index contributed by atoms with van der Waals surface area (Å²) in [6.07, 6.45) is 5.75. The van der Waals surface area contributed by atoms with E-state index in [9.17, 15) is 4.79 Å². The summed E-state index contributed by atoms with van der Waals surface area (Å²) >= 11 is 1.81. The number of carbonyl (C=O) groups excluding carboxylic acids is 1. The van der Waals surface area contributed by atoms with Gasteiger partial charge in [0.2, 0.25) is 0 Å². The van der Waals surface area contributed by atoms with Crippen LogP contribution in [-0.2, 0) is 0 Å². The van der Waals surface area contributed by atoms with Crippen LogP contribution in [0.3, 0.4) is 0 Å². The van der Waals surface area contributed by atoms with E-state index in [4.69, 9.17) is 5.73 Å². The third kappa shape index (κ3) is 5.77. The van der Waals surface area contributed by atoms with Gasteiger partial charge in [0, 0.05) is 12.7 Å². The van der Waals surface area contributed by atoms with E-state index in [-0.39, 0.29) is 12.5 Å². The van der Waals surface area contributed by atoms with Crippen LogP contribution in [0.1, 0.15) is 28.9 Å². The van der Waals surface area contributed by atoms with Gasteiger partial charge in [0.05, 0.1) is 12.1 Å². The molecular formula is C14H19N3OS. The second-order valence-electron chi connectivity index (χ2n) is 3.86. The molecule has 0 saturated heterocycles. The number of aromatic nitrogens is 1.